The van der Waals surface area contributed by atoms with Gasteiger partial charge in [-0.25, -0.2) is 0 Å². The summed E-state index contributed by atoms with van der Waals surface area (Å²) in [6.45, 7) is 0. The molecular weight excluding hydrogens is 158 g/mol. The fourth-order valence-electron chi connectivity index (χ4n) is 0.899. The van der Waals surface area contributed by atoms with Crippen LogP contribution in [0.3, 0.4) is 0 Å². The second kappa shape index (κ2) is 4.14. The van der Waals surface area contributed by atoms with Crippen molar-refractivity contribution in [2.75, 3.05) is 0 Å². The zero-order chi connectivity index (χ0) is 8.10. The third-order valence-corrected chi connectivity index (χ3v) is 1.66. The Hall–Kier alpha value is -0.820. The zero-order valence-electron chi connectivity index (χ0n) is 6.18. The van der Waals surface area contributed by atoms with Gasteiger partial charge in [-0.3, -0.25) is 5.41 Å². The SMILES string of the molecule is N=C(Cl)CCc1ccccc1. The molecular formula is C9H10ClN. The molecule has 0 atom stereocenters. The summed E-state index contributed by atoms with van der Waals surface area (Å²) >= 11 is 5.41. The molecule has 58 valence electrons. The highest BCUT2D eigenvalue weighted by Crippen LogP contribution is 2.03. The Kier molecular flexibility index (Phi) is 3.12. The van der Waals surface area contributed by atoms with Gasteiger partial charge in [0, 0.05) is 6.42 Å². The van der Waals surface area contributed by atoms with Crippen LogP contribution in [0.4, 0.5) is 0 Å². The van der Waals surface area contributed by atoms with Crippen molar-refractivity contribution in [3.8, 4) is 0 Å². The first kappa shape index (κ1) is 8.28. The van der Waals surface area contributed by atoms with Crippen LogP contribution in [0.15, 0.2) is 30.3 Å². The van der Waals surface area contributed by atoms with E-state index in [1.54, 1.807) is 0 Å². The Morgan fingerprint density at radius 2 is 1.91 bits per heavy atom. The number of rotatable bonds is 3. The average Bonchev–Trinajstić information content (AvgIpc) is 2.03. The lowest BCUT2D eigenvalue weighted by atomic mass is 10.1. The van der Waals surface area contributed by atoms with E-state index in [1.807, 2.05) is 30.3 Å². The zero-order valence-corrected chi connectivity index (χ0v) is 6.93. The van der Waals surface area contributed by atoms with Crippen molar-refractivity contribution in [3.05, 3.63) is 35.9 Å². The highest BCUT2D eigenvalue weighted by molar-refractivity contribution is 6.64. The van der Waals surface area contributed by atoms with E-state index in [1.165, 1.54) is 5.56 Å². The van der Waals surface area contributed by atoms with Crippen molar-refractivity contribution in [2.24, 2.45) is 0 Å². The maximum Gasteiger partial charge on any atom is 0.0972 e. The lowest BCUT2D eigenvalue weighted by Crippen LogP contribution is -1.89. The molecule has 1 aromatic carbocycles. The molecule has 0 aliphatic carbocycles. The minimum atomic E-state index is 0.230. The van der Waals surface area contributed by atoms with Gasteiger partial charge >= 0.3 is 0 Å². The number of aryl methyl sites for hydroxylation is 1. The molecule has 11 heavy (non-hydrogen) atoms. The summed E-state index contributed by atoms with van der Waals surface area (Å²) < 4.78 is 0. The van der Waals surface area contributed by atoms with Gasteiger partial charge in [-0.05, 0) is 12.0 Å². The van der Waals surface area contributed by atoms with Gasteiger partial charge in [0.2, 0.25) is 0 Å². The number of nitrogens with one attached hydrogen (secondary N) is 1. The van der Waals surface area contributed by atoms with Crippen LogP contribution in [0.1, 0.15) is 12.0 Å². The molecule has 1 nitrogen and oxygen atoms in total. The topological polar surface area (TPSA) is 23.9 Å². The highest BCUT2D eigenvalue weighted by atomic mass is 35.5. The highest BCUT2D eigenvalue weighted by Gasteiger charge is 1.93. The van der Waals surface area contributed by atoms with E-state index < -0.39 is 0 Å². The molecule has 0 amide bonds. The van der Waals surface area contributed by atoms with Gasteiger partial charge in [0.1, 0.15) is 0 Å². The van der Waals surface area contributed by atoms with Crippen molar-refractivity contribution in [3.63, 3.8) is 0 Å². The monoisotopic (exact) mass is 167 g/mol. The Morgan fingerprint density at radius 3 is 2.45 bits per heavy atom. The molecule has 1 rings (SSSR count). The van der Waals surface area contributed by atoms with Crippen LogP contribution in [0.5, 0.6) is 0 Å². The van der Waals surface area contributed by atoms with Crippen molar-refractivity contribution in [1.29, 1.82) is 5.41 Å². The minimum Gasteiger partial charge on any atom is -0.293 e. The van der Waals surface area contributed by atoms with Gasteiger partial charge in [0.05, 0.1) is 5.17 Å². The molecule has 0 fully saturated rings. The van der Waals surface area contributed by atoms with Gasteiger partial charge in [-0.15, -0.1) is 0 Å². The van der Waals surface area contributed by atoms with E-state index in [0.29, 0.717) is 6.42 Å². The molecule has 0 spiro atoms. The Labute approximate surface area is 71.5 Å². The summed E-state index contributed by atoms with van der Waals surface area (Å²) in [4.78, 5) is 0. The Balaban J connectivity index is 2.45. The molecule has 0 saturated heterocycles. The van der Waals surface area contributed by atoms with Gasteiger partial charge in [-0.1, -0.05) is 41.9 Å². The van der Waals surface area contributed by atoms with E-state index >= 15 is 0 Å². The standard InChI is InChI=1S/C9H10ClN/c10-9(11)7-6-8-4-2-1-3-5-8/h1-5,11H,6-7H2. The van der Waals surface area contributed by atoms with E-state index in [0.717, 1.165) is 6.42 Å². The fraction of sp³-hybridized carbons (Fsp3) is 0.222. The number of halogens is 1. The molecule has 0 aromatic heterocycles. The summed E-state index contributed by atoms with van der Waals surface area (Å²) in [5.41, 5.74) is 1.23. The predicted molar refractivity (Wildman–Crippen MR) is 48.3 cm³/mol. The smallest absolute Gasteiger partial charge is 0.0972 e. The van der Waals surface area contributed by atoms with E-state index in [2.05, 4.69) is 0 Å². The molecule has 1 N–H and O–H groups in total. The Bertz CT molecular complexity index is 231. The lowest BCUT2D eigenvalue weighted by molar-refractivity contribution is 1.04. The van der Waals surface area contributed by atoms with Gasteiger partial charge < -0.3 is 0 Å². The van der Waals surface area contributed by atoms with Gasteiger partial charge in [-0.2, -0.15) is 0 Å². The second-order valence-corrected chi connectivity index (χ2v) is 2.85. The summed E-state index contributed by atoms with van der Waals surface area (Å²) in [5, 5.41) is 7.24. The van der Waals surface area contributed by atoms with E-state index in [4.69, 9.17) is 17.0 Å². The van der Waals surface area contributed by atoms with Crippen LogP contribution in [0.25, 0.3) is 0 Å². The normalized spacial score (nSPS) is 9.55. The third-order valence-electron chi connectivity index (χ3n) is 1.48. The first-order valence-electron chi connectivity index (χ1n) is 3.56. The molecule has 0 saturated carbocycles. The van der Waals surface area contributed by atoms with Crippen molar-refractivity contribution >= 4 is 16.8 Å². The summed E-state index contributed by atoms with van der Waals surface area (Å²) in [7, 11) is 0. The largest absolute Gasteiger partial charge is 0.293 e. The van der Waals surface area contributed by atoms with Gasteiger partial charge in [0.15, 0.2) is 0 Å². The molecule has 0 aliphatic rings. The lowest BCUT2D eigenvalue weighted by Gasteiger charge is -1.96. The molecule has 0 aliphatic heterocycles. The number of hydrogen-bond acceptors (Lipinski definition) is 1. The third kappa shape index (κ3) is 3.19. The van der Waals surface area contributed by atoms with Crippen LogP contribution < -0.4 is 0 Å². The van der Waals surface area contributed by atoms with E-state index in [-0.39, 0.29) is 5.17 Å². The van der Waals surface area contributed by atoms with Crippen molar-refractivity contribution in [1.82, 2.24) is 0 Å². The summed E-state index contributed by atoms with van der Waals surface area (Å²) in [5.74, 6) is 0. The average molecular weight is 168 g/mol. The maximum absolute atomic E-state index is 7.01. The molecule has 0 heterocycles. The van der Waals surface area contributed by atoms with E-state index in [9.17, 15) is 0 Å². The molecule has 1 aromatic rings. The number of benzene rings is 1. The molecule has 0 bridgehead atoms. The van der Waals surface area contributed by atoms with Crippen LogP contribution in [0.2, 0.25) is 0 Å². The van der Waals surface area contributed by atoms with Crippen LogP contribution in [0, 0.1) is 5.41 Å². The van der Waals surface area contributed by atoms with Crippen LogP contribution in [-0.2, 0) is 6.42 Å². The fourth-order valence-corrected chi connectivity index (χ4v) is 0.993. The second-order valence-electron chi connectivity index (χ2n) is 2.39. The quantitative estimate of drug-likeness (QED) is 0.670. The number of hydrogen-bond donors (Lipinski definition) is 1. The Morgan fingerprint density at radius 1 is 1.27 bits per heavy atom. The minimum absolute atomic E-state index is 0.230. The van der Waals surface area contributed by atoms with Crippen LogP contribution in [-0.4, -0.2) is 5.17 Å². The van der Waals surface area contributed by atoms with Crippen molar-refractivity contribution in [2.45, 2.75) is 12.8 Å². The maximum atomic E-state index is 7.01. The molecule has 0 radical (unpaired) electrons. The van der Waals surface area contributed by atoms with Gasteiger partial charge in [0.25, 0.3) is 0 Å². The summed E-state index contributed by atoms with van der Waals surface area (Å²) in [6.07, 6.45) is 1.51. The van der Waals surface area contributed by atoms with Crippen LogP contribution >= 0.6 is 11.6 Å². The van der Waals surface area contributed by atoms with Crippen molar-refractivity contribution < 1.29 is 0 Å². The first-order valence-corrected chi connectivity index (χ1v) is 3.93. The first-order chi connectivity index (χ1) is 5.29. The summed E-state index contributed by atoms with van der Waals surface area (Å²) in [6, 6.07) is 10.1. The molecule has 0 unspecified atom stereocenters. The molecule has 2 heteroatoms. The predicted octanol–water partition coefficient (Wildman–Crippen LogP) is 2.84.